The number of ether oxygens (including phenoxy) is 1. The van der Waals surface area contributed by atoms with Crippen LogP contribution in [0.3, 0.4) is 0 Å². The van der Waals surface area contributed by atoms with Crippen molar-refractivity contribution in [1.29, 1.82) is 0 Å². The predicted octanol–water partition coefficient (Wildman–Crippen LogP) is 9.60. The maximum absolute atomic E-state index is 13.6. The molecule has 1 saturated heterocycles. The van der Waals surface area contributed by atoms with Gasteiger partial charge in [0.15, 0.2) is 0 Å². The van der Waals surface area contributed by atoms with Crippen molar-refractivity contribution >= 4 is 40.3 Å². The van der Waals surface area contributed by atoms with E-state index in [2.05, 4.69) is 118 Å². The van der Waals surface area contributed by atoms with Crippen LogP contribution in [-0.4, -0.2) is 38.8 Å². The minimum Gasteiger partial charge on any atom is -0.598 e. The number of nitrogens with one attached hydrogen (secondary N) is 1. The van der Waals surface area contributed by atoms with Gasteiger partial charge in [0.25, 0.3) is 0 Å². The summed E-state index contributed by atoms with van der Waals surface area (Å²) in [6.07, 6.45) is 7.56. The molecule has 0 unspecified atom stereocenters. The molecule has 1 aromatic heterocycles. The Morgan fingerprint density at radius 2 is 1.42 bits per heavy atom. The number of anilines is 1. The number of hydrogen-bond acceptors (Lipinski definition) is 5. The second-order valence-electron chi connectivity index (χ2n) is 13.7. The van der Waals surface area contributed by atoms with Crippen LogP contribution in [0.1, 0.15) is 61.9 Å². The van der Waals surface area contributed by atoms with Crippen LogP contribution in [0.2, 0.25) is 10.0 Å². The quantitative estimate of drug-likeness (QED) is 0.0788. The first-order valence-corrected chi connectivity index (χ1v) is 18.9. The van der Waals surface area contributed by atoms with E-state index in [1.807, 2.05) is 33.0 Å². The Labute approximate surface area is 309 Å². The molecule has 0 radical (unpaired) electrons. The summed E-state index contributed by atoms with van der Waals surface area (Å²) >= 11 is 11.7. The SMILES string of the molecule is C=CCOc1cc(Cl)c(Cl)cc1[C@H](N[S@@+]([O-])C(C)(C)C)C1CCN(c2cnn(C(c3ccccc3)(c3ccccc3)c3ccccc3)c2)CC1. The zero-order chi connectivity index (χ0) is 35.3. The topological polar surface area (TPSA) is 65.4 Å². The number of rotatable bonds is 12. The van der Waals surface area contributed by atoms with Gasteiger partial charge >= 0.3 is 0 Å². The monoisotopic (exact) mass is 726 g/mol. The van der Waals surface area contributed by atoms with E-state index >= 15 is 0 Å². The van der Waals surface area contributed by atoms with E-state index in [0.717, 1.165) is 53.9 Å². The summed E-state index contributed by atoms with van der Waals surface area (Å²) in [6.45, 7) is 11.6. The minimum absolute atomic E-state index is 0.160. The lowest BCUT2D eigenvalue weighted by atomic mass is 9.77. The van der Waals surface area contributed by atoms with Gasteiger partial charge in [-0.15, -0.1) is 4.72 Å². The molecule has 1 aliphatic rings. The van der Waals surface area contributed by atoms with Crippen molar-refractivity contribution in [3.05, 3.63) is 160 Å². The second kappa shape index (κ2) is 15.7. The normalized spacial score (nSPS) is 15.4. The van der Waals surface area contributed by atoms with Crippen molar-refractivity contribution in [2.45, 2.75) is 49.9 Å². The molecule has 1 aliphatic heterocycles. The molecule has 2 atom stereocenters. The summed E-state index contributed by atoms with van der Waals surface area (Å²) in [5.74, 6) is 0.776. The van der Waals surface area contributed by atoms with Crippen LogP contribution in [-0.2, 0) is 16.9 Å². The van der Waals surface area contributed by atoms with E-state index < -0.39 is 21.6 Å². The van der Waals surface area contributed by atoms with E-state index in [0.29, 0.717) is 22.4 Å². The predicted molar refractivity (Wildman–Crippen MR) is 208 cm³/mol. The first kappa shape index (κ1) is 36.1. The summed E-state index contributed by atoms with van der Waals surface area (Å²) in [4.78, 5) is 2.40. The van der Waals surface area contributed by atoms with Crippen LogP contribution in [0.4, 0.5) is 5.69 Å². The van der Waals surface area contributed by atoms with Gasteiger partial charge in [-0.1, -0.05) is 127 Å². The molecule has 1 fully saturated rings. The maximum atomic E-state index is 13.6. The molecule has 6 rings (SSSR count). The number of hydrogen-bond donors (Lipinski definition) is 1. The van der Waals surface area contributed by atoms with Gasteiger partial charge in [0.05, 0.1) is 34.2 Å². The van der Waals surface area contributed by atoms with Crippen molar-refractivity contribution in [3.8, 4) is 5.75 Å². The van der Waals surface area contributed by atoms with Crippen molar-refractivity contribution in [2.75, 3.05) is 24.6 Å². The molecule has 1 N–H and O–H groups in total. The molecule has 6 nitrogen and oxygen atoms in total. The summed E-state index contributed by atoms with van der Waals surface area (Å²) < 4.78 is 24.8. The van der Waals surface area contributed by atoms with Gasteiger partial charge in [-0.3, -0.25) is 4.68 Å². The molecule has 0 spiro atoms. The lowest BCUT2D eigenvalue weighted by Gasteiger charge is -2.39. The second-order valence-corrected chi connectivity index (χ2v) is 16.5. The molecule has 50 heavy (non-hydrogen) atoms. The van der Waals surface area contributed by atoms with E-state index in [9.17, 15) is 4.55 Å². The molecule has 0 bridgehead atoms. The number of piperidine rings is 1. The maximum Gasteiger partial charge on any atom is 0.138 e. The van der Waals surface area contributed by atoms with Crippen LogP contribution in [0.15, 0.2) is 128 Å². The Balaban J connectivity index is 1.33. The average molecular weight is 728 g/mol. The zero-order valence-corrected chi connectivity index (χ0v) is 31.1. The Morgan fingerprint density at radius 1 is 0.900 bits per heavy atom. The Kier molecular flexibility index (Phi) is 11.3. The van der Waals surface area contributed by atoms with Gasteiger partial charge in [0, 0.05) is 36.1 Å². The highest BCUT2D eigenvalue weighted by atomic mass is 35.5. The van der Waals surface area contributed by atoms with Gasteiger partial charge in [0.1, 0.15) is 22.6 Å². The fraction of sp³-hybridized carbons (Fsp3) is 0.293. The van der Waals surface area contributed by atoms with Crippen molar-refractivity contribution in [2.24, 2.45) is 5.92 Å². The molecular formula is C41H44Cl2N4O2S. The molecule has 0 saturated carbocycles. The van der Waals surface area contributed by atoms with Gasteiger partial charge in [-0.2, -0.15) is 5.10 Å². The molecule has 9 heteroatoms. The Bertz CT molecular complexity index is 1760. The fourth-order valence-corrected chi connectivity index (χ4v) is 8.08. The average Bonchev–Trinajstić information content (AvgIpc) is 3.63. The Morgan fingerprint density at radius 3 is 1.92 bits per heavy atom. The number of benzene rings is 4. The zero-order valence-electron chi connectivity index (χ0n) is 28.8. The lowest BCUT2D eigenvalue weighted by molar-refractivity contribution is 0.307. The third kappa shape index (κ3) is 7.48. The van der Waals surface area contributed by atoms with Gasteiger partial charge < -0.3 is 14.2 Å². The van der Waals surface area contributed by atoms with E-state index in [1.54, 1.807) is 12.1 Å². The Hall–Kier alpha value is -3.72. The van der Waals surface area contributed by atoms with Gasteiger partial charge in [0.2, 0.25) is 0 Å². The molecule has 2 heterocycles. The van der Waals surface area contributed by atoms with Crippen LogP contribution in [0.5, 0.6) is 5.75 Å². The highest BCUT2D eigenvalue weighted by Gasteiger charge is 2.41. The summed E-state index contributed by atoms with van der Waals surface area (Å²) in [6, 6.07) is 35.1. The van der Waals surface area contributed by atoms with Gasteiger partial charge in [-0.05, 0) is 62.3 Å². The summed E-state index contributed by atoms with van der Waals surface area (Å²) in [7, 11) is 0. The standard InChI is InChI=1S/C41H44Cl2N4O2S/c1-5-25-49-38-27-37(43)36(42)26-35(38)39(45-50(48)40(2,3)4)30-21-23-46(24-22-30)34-28-44-47(29-34)41(31-15-9-6-10-16-31,32-17-11-7-12-18-32)33-19-13-8-14-20-33/h5-20,26-30,39,45H,1,21-25H2,2-4H3/t39-,50+/m1/s1. The van der Waals surface area contributed by atoms with Crippen LogP contribution in [0.25, 0.3) is 0 Å². The first-order valence-electron chi connectivity index (χ1n) is 17.0. The highest BCUT2D eigenvalue weighted by Crippen LogP contribution is 2.43. The van der Waals surface area contributed by atoms with Crippen molar-refractivity contribution in [3.63, 3.8) is 0 Å². The smallest absolute Gasteiger partial charge is 0.138 e. The van der Waals surface area contributed by atoms with E-state index in [-0.39, 0.29) is 12.0 Å². The van der Waals surface area contributed by atoms with Crippen molar-refractivity contribution in [1.82, 2.24) is 14.5 Å². The highest BCUT2D eigenvalue weighted by molar-refractivity contribution is 7.90. The molecular weight excluding hydrogens is 683 g/mol. The van der Waals surface area contributed by atoms with Crippen LogP contribution < -0.4 is 14.4 Å². The van der Waals surface area contributed by atoms with Crippen LogP contribution in [0, 0.1) is 5.92 Å². The third-order valence-corrected chi connectivity index (χ3v) is 11.7. The molecule has 0 amide bonds. The van der Waals surface area contributed by atoms with E-state index in [4.69, 9.17) is 33.0 Å². The van der Waals surface area contributed by atoms with E-state index in [1.165, 1.54) is 0 Å². The van der Waals surface area contributed by atoms with Gasteiger partial charge in [-0.25, -0.2) is 0 Å². The lowest BCUT2D eigenvalue weighted by Crippen LogP contribution is -2.45. The third-order valence-electron chi connectivity index (χ3n) is 9.40. The van der Waals surface area contributed by atoms with Crippen LogP contribution >= 0.6 is 23.2 Å². The molecule has 4 aromatic carbocycles. The van der Waals surface area contributed by atoms with Crippen molar-refractivity contribution < 1.29 is 9.29 Å². The summed E-state index contributed by atoms with van der Waals surface area (Å²) in [5.41, 5.74) is 4.61. The number of nitrogens with zero attached hydrogens (tertiary/aromatic N) is 3. The molecule has 260 valence electrons. The number of aromatic nitrogens is 2. The molecule has 5 aromatic rings. The number of halogens is 2. The minimum atomic E-state index is -1.33. The largest absolute Gasteiger partial charge is 0.598 e. The molecule has 0 aliphatic carbocycles. The fourth-order valence-electron chi connectivity index (χ4n) is 6.85. The first-order chi connectivity index (χ1) is 24.1. The summed E-state index contributed by atoms with van der Waals surface area (Å²) in [5, 5.41) is 5.94.